The molecule has 0 unspecified atom stereocenters. The van der Waals surface area contributed by atoms with Crippen molar-refractivity contribution in [2.75, 3.05) is 19.6 Å². The molecule has 0 aromatic carbocycles. The van der Waals surface area contributed by atoms with Crippen LogP contribution in [0.15, 0.2) is 0 Å². The summed E-state index contributed by atoms with van der Waals surface area (Å²) in [7, 11) is 0. The van der Waals surface area contributed by atoms with Crippen molar-refractivity contribution >= 4 is 0 Å². The van der Waals surface area contributed by atoms with Gasteiger partial charge < -0.3 is 5.73 Å². The first-order chi connectivity index (χ1) is 9.29. The zero-order valence-corrected chi connectivity index (χ0v) is 13.4. The first kappa shape index (κ1) is 17.0. The number of likely N-dealkylation sites (N-methyl/N-ethyl adjacent to an activating group) is 1. The summed E-state index contributed by atoms with van der Waals surface area (Å²) in [6.45, 7) is 7.88. The molecule has 19 heavy (non-hydrogen) atoms. The topological polar surface area (TPSA) is 29.3 Å². The molecule has 0 aromatic rings. The van der Waals surface area contributed by atoms with Gasteiger partial charge in [-0.05, 0) is 32.4 Å². The average Bonchev–Trinajstić information content (AvgIpc) is 2.92. The van der Waals surface area contributed by atoms with Crippen LogP contribution in [0, 0.1) is 0 Å². The van der Waals surface area contributed by atoms with E-state index in [0.717, 1.165) is 6.54 Å². The Kier molecular flexibility index (Phi) is 8.72. The Hall–Kier alpha value is -0.0800. The van der Waals surface area contributed by atoms with Crippen LogP contribution in [0.4, 0.5) is 0 Å². The molecule has 0 amide bonds. The molecule has 0 aromatic heterocycles. The van der Waals surface area contributed by atoms with Gasteiger partial charge in [0.05, 0.1) is 0 Å². The third kappa shape index (κ3) is 5.43. The minimum absolute atomic E-state index is 0.358. The van der Waals surface area contributed by atoms with E-state index in [1.165, 1.54) is 83.7 Å². The normalized spacial score (nSPS) is 18.3. The SMILES string of the molecule is CCCCCCCCCN(CC)C1(CN)CCCC1. The first-order valence-corrected chi connectivity index (χ1v) is 8.74. The zero-order valence-electron chi connectivity index (χ0n) is 13.4. The van der Waals surface area contributed by atoms with E-state index in [2.05, 4.69) is 18.7 Å². The van der Waals surface area contributed by atoms with Gasteiger partial charge in [-0.1, -0.05) is 65.2 Å². The average molecular weight is 268 g/mol. The third-order valence-corrected chi connectivity index (χ3v) is 5.00. The summed E-state index contributed by atoms with van der Waals surface area (Å²) >= 11 is 0. The van der Waals surface area contributed by atoms with E-state index in [1.54, 1.807) is 0 Å². The van der Waals surface area contributed by atoms with Gasteiger partial charge in [0.1, 0.15) is 0 Å². The lowest BCUT2D eigenvalue weighted by atomic mass is 9.94. The van der Waals surface area contributed by atoms with Gasteiger partial charge in [0.15, 0.2) is 0 Å². The summed E-state index contributed by atoms with van der Waals surface area (Å²) in [5, 5.41) is 0. The highest BCUT2D eigenvalue weighted by molar-refractivity contribution is 4.95. The summed E-state index contributed by atoms with van der Waals surface area (Å²) in [6.07, 6.45) is 15.2. The Morgan fingerprint density at radius 3 is 2.00 bits per heavy atom. The van der Waals surface area contributed by atoms with Crippen molar-refractivity contribution in [1.82, 2.24) is 4.90 Å². The molecule has 0 bridgehead atoms. The molecule has 0 spiro atoms. The quantitative estimate of drug-likeness (QED) is 0.565. The Labute approximate surface area is 121 Å². The molecule has 114 valence electrons. The molecule has 2 nitrogen and oxygen atoms in total. The van der Waals surface area contributed by atoms with E-state index >= 15 is 0 Å². The Bertz CT molecular complexity index is 209. The molecule has 1 rings (SSSR count). The number of nitrogens with zero attached hydrogens (tertiary/aromatic N) is 1. The Balaban J connectivity index is 2.18. The predicted octanol–water partition coefficient (Wildman–Crippen LogP) is 4.33. The smallest absolute Gasteiger partial charge is 0.0331 e. The minimum Gasteiger partial charge on any atom is -0.329 e. The van der Waals surface area contributed by atoms with Crippen LogP contribution >= 0.6 is 0 Å². The molecule has 0 radical (unpaired) electrons. The van der Waals surface area contributed by atoms with E-state index in [1.807, 2.05) is 0 Å². The zero-order chi connectivity index (χ0) is 14.0. The van der Waals surface area contributed by atoms with Gasteiger partial charge in [0, 0.05) is 12.1 Å². The van der Waals surface area contributed by atoms with Crippen LogP contribution in [0.5, 0.6) is 0 Å². The fraction of sp³-hybridized carbons (Fsp3) is 1.00. The lowest BCUT2D eigenvalue weighted by molar-refractivity contribution is 0.103. The maximum absolute atomic E-state index is 6.09. The molecule has 2 heteroatoms. The van der Waals surface area contributed by atoms with Crippen LogP contribution in [-0.4, -0.2) is 30.1 Å². The van der Waals surface area contributed by atoms with Crippen molar-refractivity contribution in [3.05, 3.63) is 0 Å². The standard InChI is InChI=1S/C17H36N2/c1-3-5-6-7-8-9-12-15-19(4-2)17(16-18)13-10-11-14-17/h3-16,18H2,1-2H3. The predicted molar refractivity (Wildman–Crippen MR) is 85.5 cm³/mol. The van der Waals surface area contributed by atoms with Crippen LogP contribution in [0.25, 0.3) is 0 Å². The molecule has 1 fully saturated rings. The second-order valence-corrected chi connectivity index (χ2v) is 6.34. The highest BCUT2D eigenvalue weighted by atomic mass is 15.2. The molecule has 1 aliphatic rings. The van der Waals surface area contributed by atoms with Gasteiger partial charge >= 0.3 is 0 Å². The van der Waals surface area contributed by atoms with Crippen molar-refractivity contribution in [2.24, 2.45) is 5.73 Å². The van der Waals surface area contributed by atoms with Crippen LogP contribution in [-0.2, 0) is 0 Å². The fourth-order valence-electron chi connectivity index (χ4n) is 3.67. The van der Waals surface area contributed by atoms with Crippen molar-refractivity contribution in [3.8, 4) is 0 Å². The summed E-state index contributed by atoms with van der Waals surface area (Å²) in [5.41, 5.74) is 6.45. The van der Waals surface area contributed by atoms with Crippen molar-refractivity contribution in [3.63, 3.8) is 0 Å². The van der Waals surface area contributed by atoms with E-state index in [0.29, 0.717) is 5.54 Å². The van der Waals surface area contributed by atoms with Crippen LogP contribution < -0.4 is 5.73 Å². The van der Waals surface area contributed by atoms with Gasteiger partial charge in [-0.2, -0.15) is 0 Å². The molecule has 0 heterocycles. The van der Waals surface area contributed by atoms with Gasteiger partial charge in [0.2, 0.25) is 0 Å². The van der Waals surface area contributed by atoms with Crippen molar-refractivity contribution in [1.29, 1.82) is 0 Å². The molecule has 1 aliphatic carbocycles. The summed E-state index contributed by atoms with van der Waals surface area (Å²) in [6, 6.07) is 0. The van der Waals surface area contributed by atoms with Gasteiger partial charge in [-0.25, -0.2) is 0 Å². The fourth-order valence-corrected chi connectivity index (χ4v) is 3.67. The van der Waals surface area contributed by atoms with Gasteiger partial charge in [0.25, 0.3) is 0 Å². The monoisotopic (exact) mass is 268 g/mol. The summed E-state index contributed by atoms with van der Waals surface area (Å²) in [5.74, 6) is 0. The maximum Gasteiger partial charge on any atom is 0.0331 e. The molecule has 1 saturated carbocycles. The largest absolute Gasteiger partial charge is 0.329 e. The van der Waals surface area contributed by atoms with Gasteiger partial charge in [-0.3, -0.25) is 4.90 Å². The van der Waals surface area contributed by atoms with E-state index in [9.17, 15) is 0 Å². The second kappa shape index (κ2) is 9.77. The lowest BCUT2D eigenvalue weighted by Crippen LogP contribution is -2.52. The number of hydrogen-bond acceptors (Lipinski definition) is 2. The van der Waals surface area contributed by atoms with Gasteiger partial charge in [-0.15, -0.1) is 0 Å². The molecule has 2 N–H and O–H groups in total. The Morgan fingerprint density at radius 1 is 0.895 bits per heavy atom. The van der Waals surface area contributed by atoms with Crippen LogP contribution in [0.3, 0.4) is 0 Å². The number of nitrogens with two attached hydrogens (primary N) is 1. The highest BCUT2D eigenvalue weighted by Gasteiger charge is 2.36. The lowest BCUT2D eigenvalue weighted by Gasteiger charge is -2.40. The molecule has 0 atom stereocenters. The summed E-state index contributed by atoms with van der Waals surface area (Å²) < 4.78 is 0. The minimum atomic E-state index is 0.358. The Morgan fingerprint density at radius 2 is 1.47 bits per heavy atom. The number of hydrogen-bond donors (Lipinski definition) is 1. The third-order valence-electron chi connectivity index (χ3n) is 5.00. The van der Waals surface area contributed by atoms with E-state index in [-0.39, 0.29) is 0 Å². The molecule has 0 saturated heterocycles. The van der Waals surface area contributed by atoms with Crippen LogP contribution in [0.1, 0.15) is 84.5 Å². The first-order valence-electron chi connectivity index (χ1n) is 8.74. The number of unbranched alkanes of at least 4 members (excludes halogenated alkanes) is 6. The van der Waals surface area contributed by atoms with Crippen molar-refractivity contribution in [2.45, 2.75) is 90.0 Å². The second-order valence-electron chi connectivity index (χ2n) is 6.34. The number of rotatable bonds is 11. The van der Waals surface area contributed by atoms with Crippen molar-refractivity contribution < 1.29 is 0 Å². The highest BCUT2D eigenvalue weighted by Crippen LogP contribution is 2.34. The van der Waals surface area contributed by atoms with E-state index < -0.39 is 0 Å². The molecule has 0 aliphatic heterocycles. The molecular formula is C17H36N2. The maximum atomic E-state index is 6.09. The van der Waals surface area contributed by atoms with Crippen LogP contribution in [0.2, 0.25) is 0 Å². The molecular weight excluding hydrogens is 232 g/mol. The summed E-state index contributed by atoms with van der Waals surface area (Å²) in [4.78, 5) is 2.69. The van der Waals surface area contributed by atoms with E-state index in [4.69, 9.17) is 5.73 Å².